The van der Waals surface area contributed by atoms with Gasteiger partial charge in [-0.05, 0) is 19.4 Å². The van der Waals surface area contributed by atoms with Crippen molar-refractivity contribution in [2.75, 3.05) is 25.9 Å². The van der Waals surface area contributed by atoms with Gasteiger partial charge < -0.3 is 10.2 Å². The second kappa shape index (κ2) is 12.3. The van der Waals surface area contributed by atoms with E-state index in [1.807, 2.05) is 61.5 Å². The third kappa shape index (κ3) is 8.84. The molecule has 2 aromatic rings. The first-order chi connectivity index (χ1) is 12.9. The zero-order valence-electron chi connectivity index (χ0n) is 16.4. The Morgan fingerprint density at radius 1 is 1.29 bits per heavy atom. The Morgan fingerprint density at radius 3 is 2.61 bits per heavy atom. The van der Waals surface area contributed by atoms with E-state index in [0.29, 0.717) is 19.0 Å². The first-order valence-corrected chi connectivity index (χ1v) is 11.3. The first kappa shape index (κ1) is 24.8. The van der Waals surface area contributed by atoms with Gasteiger partial charge in [0.05, 0.1) is 29.5 Å². The summed E-state index contributed by atoms with van der Waals surface area (Å²) >= 11 is 1.61. The molecule has 1 heterocycles. The second-order valence-electron chi connectivity index (χ2n) is 6.08. The average molecular weight is 537 g/mol. The molecule has 0 saturated carbocycles. The Labute approximate surface area is 188 Å². The molecule has 156 valence electrons. The van der Waals surface area contributed by atoms with Gasteiger partial charge in [0.2, 0.25) is 10.0 Å². The highest BCUT2D eigenvalue weighted by Gasteiger charge is 2.12. The molecule has 0 fully saturated rings. The fourth-order valence-electron chi connectivity index (χ4n) is 2.40. The fraction of sp³-hybridized carbons (Fsp3) is 0.444. The quantitative estimate of drug-likeness (QED) is 0.292. The first-order valence-electron chi connectivity index (χ1n) is 8.81. The highest BCUT2D eigenvalue weighted by Crippen LogP contribution is 2.09. The number of hydrogen-bond donors (Lipinski definition) is 2. The molecule has 0 aliphatic carbocycles. The van der Waals surface area contributed by atoms with E-state index in [-0.39, 0.29) is 42.8 Å². The van der Waals surface area contributed by atoms with Crippen LogP contribution in [-0.2, 0) is 23.1 Å². The zero-order valence-corrected chi connectivity index (χ0v) is 20.3. The molecule has 10 heteroatoms. The van der Waals surface area contributed by atoms with Gasteiger partial charge in [0, 0.05) is 25.5 Å². The van der Waals surface area contributed by atoms with Crippen LogP contribution in [0.1, 0.15) is 23.2 Å². The van der Waals surface area contributed by atoms with Gasteiger partial charge in [-0.3, -0.25) is 4.99 Å². The van der Waals surface area contributed by atoms with Crippen molar-refractivity contribution in [3.05, 3.63) is 52.0 Å². The van der Waals surface area contributed by atoms with Crippen molar-refractivity contribution < 1.29 is 8.42 Å². The van der Waals surface area contributed by atoms with Crippen LogP contribution in [0.4, 0.5) is 0 Å². The van der Waals surface area contributed by atoms with E-state index in [1.165, 1.54) is 0 Å². The number of nitrogens with zero attached hydrogens (tertiary/aromatic N) is 3. The third-order valence-corrected chi connectivity index (χ3v) is 5.85. The Balaban J connectivity index is 0.00000392. The van der Waals surface area contributed by atoms with E-state index in [2.05, 4.69) is 20.0 Å². The summed E-state index contributed by atoms with van der Waals surface area (Å²) in [6.07, 6.45) is 0. The number of aliphatic imine (C=N–C) groups is 1. The lowest BCUT2D eigenvalue weighted by Gasteiger charge is -2.21. The van der Waals surface area contributed by atoms with Crippen molar-refractivity contribution in [1.82, 2.24) is 19.9 Å². The van der Waals surface area contributed by atoms with E-state index < -0.39 is 10.0 Å². The summed E-state index contributed by atoms with van der Waals surface area (Å²) in [5.74, 6) is 0.611. The van der Waals surface area contributed by atoms with Crippen LogP contribution in [0, 0.1) is 6.92 Å². The maximum Gasteiger partial charge on any atom is 0.213 e. The zero-order chi connectivity index (χ0) is 19.7. The van der Waals surface area contributed by atoms with E-state index in [9.17, 15) is 8.42 Å². The van der Waals surface area contributed by atoms with Crippen molar-refractivity contribution in [2.45, 2.75) is 26.9 Å². The molecule has 0 spiro atoms. The summed E-state index contributed by atoms with van der Waals surface area (Å²) in [4.78, 5) is 10.8. The number of aryl methyl sites for hydroxylation is 1. The predicted octanol–water partition coefficient (Wildman–Crippen LogP) is 2.59. The number of benzene rings is 1. The molecule has 1 aromatic heterocycles. The molecular weight excluding hydrogens is 509 g/mol. The van der Waals surface area contributed by atoms with Gasteiger partial charge in [-0.1, -0.05) is 30.3 Å². The summed E-state index contributed by atoms with van der Waals surface area (Å²) in [6.45, 7) is 5.76. The molecule has 2 rings (SSSR count). The monoisotopic (exact) mass is 537 g/mol. The number of guanidine groups is 1. The minimum atomic E-state index is -3.39. The number of nitrogens with one attached hydrogen (secondary N) is 2. The maximum atomic E-state index is 12.2. The minimum Gasteiger partial charge on any atom is -0.357 e. The number of rotatable bonds is 9. The summed E-state index contributed by atoms with van der Waals surface area (Å²) in [5, 5.41) is 6.24. The Bertz CT molecular complexity index is 841. The van der Waals surface area contributed by atoms with Gasteiger partial charge in [0.15, 0.2) is 5.96 Å². The summed E-state index contributed by atoms with van der Waals surface area (Å²) in [5.41, 5.74) is 1.90. The number of hydrogen-bond acceptors (Lipinski definition) is 5. The molecule has 0 amide bonds. The molecule has 0 bridgehead atoms. The second-order valence-corrected chi connectivity index (χ2v) is 9.06. The van der Waals surface area contributed by atoms with Crippen LogP contribution >= 0.6 is 35.3 Å². The molecular formula is C18H28IN5O2S2. The van der Waals surface area contributed by atoms with Crippen LogP contribution in [0.2, 0.25) is 0 Å². The molecule has 28 heavy (non-hydrogen) atoms. The number of thiazole rings is 1. The molecule has 7 nitrogen and oxygen atoms in total. The van der Waals surface area contributed by atoms with E-state index in [0.717, 1.165) is 16.3 Å². The van der Waals surface area contributed by atoms with Crippen LogP contribution in [0.15, 0.2) is 40.7 Å². The minimum absolute atomic E-state index is 0. The summed E-state index contributed by atoms with van der Waals surface area (Å²) < 4.78 is 27.0. The molecule has 0 aliphatic heterocycles. The third-order valence-electron chi connectivity index (χ3n) is 3.72. The molecule has 0 saturated heterocycles. The summed E-state index contributed by atoms with van der Waals surface area (Å²) in [7, 11) is -1.47. The van der Waals surface area contributed by atoms with Crippen LogP contribution in [0.25, 0.3) is 0 Å². The van der Waals surface area contributed by atoms with Crippen molar-refractivity contribution >= 4 is 51.3 Å². The number of sulfonamides is 1. The Hall–Kier alpha value is -1.24. The van der Waals surface area contributed by atoms with Crippen LogP contribution < -0.4 is 10.0 Å². The van der Waals surface area contributed by atoms with Gasteiger partial charge >= 0.3 is 0 Å². The topological polar surface area (TPSA) is 86.7 Å². The van der Waals surface area contributed by atoms with Crippen molar-refractivity contribution in [3.8, 4) is 0 Å². The lowest BCUT2D eigenvalue weighted by molar-refractivity contribution is 0.471. The number of aromatic nitrogens is 1. The molecule has 0 unspecified atom stereocenters. The van der Waals surface area contributed by atoms with Gasteiger partial charge in [0.25, 0.3) is 0 Å². The van der Waals surface area contributed by atoms with Crippen LogP contribution in [-0.4, -0.2) is 50.2 Å². The molecule has 0 aliphatic rings. The van der Waals surface area contributed by atoms with E-state index >= 15 is 0 Å². The van der Waals surface area contributed by atoms with Crippen molar-refractivity contribution in [3.63, 3.8) is 0 Å². The average Bonchev–Trinajstić information content (AvgIpc) is 3.05. The molecule has 0 atom stereocenters. The standard InChI is InChI=1S/C18H27N5O2S2.HI/c1-4-19-18(23(3)13-17-14-26-15(2)22-17)20-10-11-27(24,25)21-12-16-8-6-5-7-9-16;/h5-9,14,21H,4,10-13H2,1-3H3,(H,19,20);1H. The number of halogens is 1. The highest BCUT2D eigenvalue weighted by atomic mass is 127. The van der Waals surface area contributed by atoms with E-state index in [1.54, 1.807) is 11.3 Å². The fourth-order valence-corrected chi connectivity index (χ4v) is 3.87. The summed E-state index contributed by atoms with van der Waals surface area (Å²) in [6, 6.07) is 9.45. The van der Waals surface area contributed by atoms with Crippen molar-refractivity contribution in [1.29, 1.82) is 0 Å². The van der Waals surface area contributed by atoms with Gasteiger partial charge in [-0.15, -0.1) is 35.3 Å². The normalized spacial score (nSPS) is 11.8. The Morgan fingerprint density at radius 2 is 2.00 bits per heavy atom. The molecule has 1 aromatic carbocycles. The molecule has 0 radical (unpaired) electrons. The lowest BCUT2D eigenvalue weighted by atomic mass is 10.2. The van der Waals surface area contributed by atoms with Gasteiger partial charge in [-0.2, -0.15) is 0 Å². The predicted molar refractivity (Wildman–Crippen MR) is 127 cm³/mol. The van der Waals surface area contributed by atoms with Gasteiger partial charge in [-0.25, -0.2) is 18.1 Å². The largest absolute Gasteiger partial charge is 0.357 e. The van der Waals surface area contributed by atoms with Crippen molar-refractivity contribution in [2.24, 2.45) is 4.99 Å². The van der Waals surface area contributed by atoms with Crippen LogP contribution in [0.5, 0.6) is 0 Å². The lowest BCUT2D eigenvalue weighted by Crippen LogP contribution is -2.39. The SMILES string of the molecule is CCNC(=NCCS(=O)(=O)NCc1ccccc1)N(C)Cc1csc(C)n1.I. The Kier molecular flexibility index (Phi) is 10.9. The maximum absolute atomic E-state index is 12.2. The highest BCUT2D eigenvalue weighted by molar-refractivity contribution is 14.0. The van der Waals surface area contributed by atoms with Gasteiger partial charge in [0.1, 0.15) is 0 Å². The smallest absolute Gasteiger partial charge is 0.213 e. The van der Waals surface area contributed by atoms with E-state index in [4.69, 9.17) is 0 Å². The molecule has 2 N–H and O–H groups in total. The van der Waals surface area contributed by atoms with Crippen LogP contribution in [0.3, 0.4) is 0 Å².